The van der Waals surface area contributed by atoms with Crippen LogP contribution >= 0.6 is 0 Å². The number of likely N-dealkylation sites (N-methyl/N-ethyl adjacent to an activating group) is 1. The van der Waals surface area contributed by atoms with Gasteiger partial charge in [0.25, 0.3) is 0 Å². The summed E-state index contributed by atoms with van der Waals surface area (Å²) in [6.45, 7) is 15.4. The van der Waals surface area contributed by atoms with Crippen molar-refractivity contribution in [1.82, 2.24) is 20.1 Å². The fraction of sp³-hybridized carbons (Fsp3) is 0.867. The second-order valence-corrected chi connectivity index (χ2v) is 6.98. The molecule has 0 spiro atoms. The van der Waals surface area contributed by atoms with Gasteiger partial charge in [0, 0.05) is 19.0 Å². The van der Waals surface area contributed by atoms with Crippen molar-refractivity contribution in [3.05, 3.63) is 12.2 Å². The third-order valence-corrected chi connectivity index (χ3v) is 3.01. The summed E-state index contributed by atoms with van der Waals surface area (Å²) in [6.07, 6.45) is 3.78. The van der Waals surface area contributed by atoms with Crippen molar-refractivity contribution in [2.75, 3.05) is 6.54 Å². The lowest BCUT2D eigenvalue weighted by molar-refractivity contribution is 0.303. The minimum absolute atomic E-state index is 0.329. The summed E-state index contributed by atoms with van der Waals surface area (Å²) in [7, 11) is 0. The molecule has 0 amide bonds. The molecule has 0 aliphatic carbocycles. The van der Waals surface area contributed by atoms with Crippen LogP contribution in [0.2, 0.25) is 0 Å². The van der Waals surface area contributed by atoms with Gasteiger partial charge >= 0.3 is 0 Å². The van der Waals surface area contributed by atoms with E-state index in [-0.39, 0.29) is 0 Å². The molecule has 1 atom stereocenters. The van der Waals surface area contributed by atoms with Gasteiger partial charge < -0.3 is 5.32 Å². The van der Waals surface area contributed by atoms with Gasteiger partial charge in [0.15, 0.2) is 0 Å². The largest absolute Gasteiger partial charge is 0.314 e. The second kappa shape index (κ2) is 7.04. The lowest BCUT2D eigenvalue weighted by Crippen LogP contribution is -2.35. The van der Waals surface area contributed by atoms with E-state index in [1.54, 1.807) is 6.33 Å². The summed E-state index contributed by atoms with van der Waals surface area (Å²) in [5.41, 5.74) is 0.329. The zero-order chi connectivity index (χ0) is 14.5. The monoisotopic (exact) mass is 266 g/mol. The Balaban J connectivity index is 2.70. The predicted molar refractivity (Wildman–Crippen MR) is 80.1 cm³/mol. The normalized spacial score (nSPS) is 14.1. The number of aromatic nitrogens is 3. The quantitative estimate of drug-likeness (QED) is 0.825. The van der Waals surface area contributed by atoms with Crippen molar-refractivity contribution in [2.24, 2.45) is 11.3 Å². The number of hydrogen-bond acceptors (Lipinski definition) is 3. The Hall–Kier alpha value is -0.900. The molecule has 0 fully saturated rings. The minimum Gasteiger partial charge on any atom is -0.314 e. The van der Waals surface area contributed by atoms with Crippen molar-refractivity contribution in [2.45, 2.75) is 67.0 Å². The molecule has 1 heterocycles. The summed E-state index contributed by atoms with van der Waals surface area (Å²) in [5, 5.41) is 7.92. The van der Waals surface area contributed by atoms with Crippen LogP contribution in [0.1, 0.15) is 53.8 Å². The van der Waals surface area contributed by atoms with Crippen molar-refractivity contribution in [3.63, 3.8) is 0 Å². The molecule has 0 saturated heterocycles. The molecule has 1 aromatic heterocycles. The summed E-state index contributed by atoms with van der Waals surface area (Å²) in [5.74, 6) is 1.70. The summed E-state index contributed by atoms with van der Waals surface area (Å²) >= 11 is 0. The summed E-state index contributed by atoms with van der Waals surface area (Å²) < 4.78 is 2.05. The van der Waals surface area contributed by atoms with E-state index in [2.05, 4.69) is 61.6 Å². The fourth-order valence-electron chi connectivity index (χ4n) is 2.41. The van der Waals surface area contributed by atoms with E-state index in [1.165, 1.54) is 0 Å². The molecular weight excluding hydrogens is 236 g/mol. The van der Waals surface area contributed by atoms with Gasteiger partial charge in [-0.25, -0.2) is 9.67 Å². The van der Waals surface area contributed by atoms with Crippen LogP contribution in [-0.2, 0) is 13.0 Å². The highest BCUT2D eigenvalue weighted by atomic mass is 15.3. The molecule has 0 aromatic carbocycles. The Bertz CT molecular complexity index is 362. The van der Waals surface area contributed by atoms with E-state index >= 15 is 0 Å². The van der Waals surface area contributed by atoms with Crippen LogP contribution in [0.4, 0.5) is 0 Å². The van der Waals surface area contributed by atoms with Gasteiger partial charge in [-0.05, 0) is 24.3 Å². The number of hydrogen-bond donors (Lipinski definition) is 1. The minimum atomic E-state index is 0.329. The molecule has 1 rings (SSSR count). The molecule has 4 nitrogen and oxygen atoms in total. The van der Waals surface area contributed by atoms with Crippen molar-refractivity contribution >= 4 is 0 Å². The molecule has 19 heavy (non-hydrogen) atoms. The first kappa shape index (κ1) is 16.2. The van der Waals surface area contributed by atoms with Crippen LogP contribution in [-0.4, -0.2) is 27.4 Å². The molecule has 4 heteroatoms. The summed E-state index contributed by atoms with van der Waals surface area (Å²) in [4.78, 5) is 4.43. The van der Waals surface area contributed by atoms with E-state index in [4.69, 9.17) is 0 Å². The van der Waals surface area contributed by atoms with E-state index in [0.717, 1.165) is 31.8 Å². The van der Waals surface area contributed by atoms with Gasteiger partial charge in [-0.3, -0.25) is 0 Å². The lowest BCUT2D eigenvalue weighted by atomic mass is 9.87. The van der Waals surface area contributed by atoms with Gasteiger partial charge in [0.05, 0.1) is 0 Å². The highest BCUT2D eigenvalue weighted by molar-refractivity contribution is 4.91. The number of nitrogens with one attached hydrogen (secondary N) is 1. The Morgan fingerprint density at radius 2 is 2.00 bits per heavy atom. The molecule has 1 N–H and O–H groups in total. The van der Waals surface area contributed by atoms with Gasteiger partial charge in [-0.15, -0.1) is 0 Å². The van der Waals surface area contributed by atoms with E-state index in [9.17, 15) is 0 Å². The lowest BCUT2D eigenvalue weighted by Gasteiger charge is -2.26. The highest BCUT2D eigenvalue weighted by Crippen LogP contribution is 2.22. The summed E-state index contributed by atoms with van der Waals surface area (Å²) in [6, 6.07) is 0.472. The second-order valence-electron chi connectivity index (χ2n) is 6.98. The van der Waals surface area contributed by atoms with Crippen LogP contribution in [0.25, 0.3) is 0 Å². The van der Waals surface area contributed by atoms with Crippen molar-refractivity contribution in [3.8, 4) is 0 Å². The standard InChI is InChI=1S/C15H30N4/c1-7-16-13(9-15(4,5)6)8-14-17-11-18-19(14)10-12(2)3/h11-13,16H,7-10H2,1-6H3. The highest BCUT2D eigenvalue weighted by Gasteiger charge is 2.20. The van der Waals surface area contributed by atoms with Crippen molar-refractivity contribution < 1.29 is 0 Å². The smallest absolute Gasteiger partial charge is 0.138 e. The Morgan fingerprint density at radius 1 is 1.32 bits per heavy atom. The SMILES string of the molecule is CCNC(Cc1ncnn1CC(C)C)CC(C)(C)C. The van der Waals surface area contributed by atoms with Crippen LogP contribution in [0.5, 0.6) is 0 Å². The molecule has 0 bridgehead atoms. The maximum Gasteiger partial charge on any atom is 0.138 e. The molecule has 0 radical (unpaired) electrons. The van der Waals surface area contributed by atoms with Crippen LogP contribution in [0.3, 0.4) is 0 Å². The maximum atomic E-state index is 4.43. The molecule has 0 aliphatic rings. The number of nitrogens with zero attached hydrogens (tertiary/aromatic N) is 3. The third-order valence-electron chi connectivity index (χ3n) is 3.01. The molecule has 1 unspecified atom stereocenters. The van der Waals surface area contributed by atoms with Gasteiger partial charge in [-0.1, -0.05) is 41.5 Å². The van der Waals surface area contributed by atoms with E-state index in [1.807, 2.05) is 0 Å². The van der Waals surface area contributed by atoms with Crippen LogP contribution < -0.4 is 5.32 Å². The molecule has 0 saturated carbocycles. The van der Waals surface area contributed by atoms with Crippen LogP contribution in [0, 0.1) is 11.3 Å². The molecular formula is C15H30N4. The average Bonchev–Trinajstić information content (AvgIpc) is 2.62. The fourth-order valence-corrected chi connectivity index (χ4v) is 2.41. The first-order valence-corrected chi connectivity index (χ1v) is 7.42. The zero-order valence-corrected chi connectivity index (χ0v) is 13.4. The van der Waals surface area contributed by atoms with Gasteiger partial charge in [0.2, 0.25) is 0 Å². The van der Waals surface area contributed by atoms with Gasteiger partial charge in [-0.2, -0.15) is 5.10 Å². The third kappa shape index (κ3) is 6.19. The van der Waals surface area contributed by atoms with Crippen LogP contribution in [0.15, 0.2) is 6.33 Å². The van der Waals surface area contributed by atoms with E-state index in [0.29, 0.717) is 17.4 Å². The molecule has 1 aromatic rings. The predicted octanol–water partition coefficient (Wildman–Crippen LogP) is 2.89. The Labute approximate surface area is 118 Å². The maximum absolute atomic E-state index is 4.43. The molecule has 0 aliphatic heterocycles. The van der Waals surface area contributed by atoms with E-state index < -0.39 is 0 Å². The molecule has 110 valence electrons. The topological polar surface area (TPSA) is 42.7 Å². The Kier molecular flexibility index (Phi) is 5.98. The first-order valence-electron chi connectivity index (χ1n) is 7.42. The number of rotatable bonds is 7. The first-order chi connectivity index (χ1) is 8.81. The average molecular weight is 266 g/mol. The van der Waals surface area contributed by atoms with Crippen molar-refractivity contribution in [1.29, 1.82) is 0 Å². The zero-order valence-electron chi connectivity index (χ0n) is 13.4. The Morgan fingerprint density at radius 3 is 2.53 bits per heavy atom. The van der Waals surface area contributed by atoms with Gasteiger partial charge in [0.1, 0.15) is 12.2 Å².